The molecule has 2 amide bonds. The topological polar surface area (TPSA) is 108 Å². The molecule has 0 saturated carbocycles. The second kappa shape index (κ2) is 9.91. The number of ether oxygens (including phenoxy) is 1. The molecule has 0 heterocycles. The van der Waals surface area contributed by atoms with E-state index in [1.807, 2.05) is 0 Å². The lowest BCUT2D eigenvalue weighted by Gasteiger charge is -2.16. The predicted molar refractivity (Wildman–Crippen MR) is 102 cm³/mol. The second-order valence-electron chi connectivity index (χ2n) is 6.10. The van der Waals surface area contributed by atoms with Crippen LogP contribution in [0.25, 0.3) is 6.08 Å². The summed E-state index contributed by atoms with van der Waals surface area (Å²) >= 11 is 0. The van der Waals surface area contributed by atoms with E-state index in [0.29, 0.717) is 16.9 Å². The lowest BCUT2D eigenvalue weighted by Crippen LogP contribution is -2.41. The van der Waals surface area contributed by atoms with Gasteiger partial charge in [0.1, 0.15) is 11.4 Å². The number of amides is 2. The van der Waals surface area contributed by atoms with Crippen molar-refractivity contribution in [1.29, 1.82) is 0 Å². The number of nitrogens with one attached hydrogen (secondary N) is 2. The van der Waals surface area contributed by atoms with E-state index in [9.17, 15) is 19.5 Å². The highest BCUT2D eigenvalue weighted by atomic mass is 16.5. The first-order valence-corrected chi connectivity index (χ1v) is 8.62. The van der Waals surface area contributed by atoms with Gasteiger partial charge in [-0.25, -0.2) is 0 Å². The van der Waals surface area contributed by atoms with Gasteiger partial charge in [-0.3, -0.25) is 9.59 Å². The van der Waals surface area contributed by atoms with Crippen LogP contribution < -0.4 is 20.5 Å². The van der Waals surface area contributed by atoms with Crippen LogP contribution in [-0.4, -0.2) is 30.9 Å². The van der Waals surface area contributed by atoms with Crippen molar-refractivity contribution in [2.24, 2.45) is 0 Å². The average molecular weight is 381 g/mol. The van der Waals surface area contributed by atoms with Crippen molar-refractivity contribution < 1.29 is 24.2 Å². The van der Waals surface area contributed by atoms with Crippen molar-refractivity contribution in [1.82, 2.24) is 10.6 Å². The number of carboxylic acids is 1. The molecule has 0 aliphatic rings. The van der Waals surface area contributed by atoms with Gasteiger partial charge in [0.25, 0.3) is 11.8 Å². The molecule has 0 fully saturated rings. The van der Waals surface area contributed by atoms with Gasteiger partial charge in [-0.1, -0.05) is 30.3 Å². The summed E-state index contributed by atoms with van der Waals surface area (Å²) in [5.74, 6) is -1.68. The molecule has 0 saturated heterocycles. The Labute approximate surface area is 163 Å². The Bertz CT molecular complexity index is 860. The zero-order valence-corrected chi connectivity index (χ0v) is 15.6. The summed E-state index contributed by atoms with van der Waals surface area (Å²) in [4.78, 5) is 35.8. The molecule has 2 rings (SSSR count). The third-order valence-electron chi connectivity index (χ3n) is 3.81. The van der Waals surface area contributed by atoms with E-state index >= 15 is 0 Å². The van der Waals surface area contributed by atoms with Crippen molar-refractivity contribution in [2.45, 2.75) is 19.4 Å². The number of methoxy groups -OCH3 is 1. The SMILES string of the molecule is COc1ccc(/C=C(\NC(=O)c2ccccc2)C(=O)N[C@@H](C)CC(=O)[O-])cc1. The minimum atomic E-state index is -1.28. The van der Waals surface area contributed by atoms with E-state index in [1.54, 1.807) is 61.7 Å². The normalized spacial score (nSPS) is 12.0. The van der Waals surface area contributed by atoms with E-state index in [4.69, 9.17) is 4.74 Å². The van der Waals surface area contributed by atoms with Gasteiger partial charge in [0.05, 0.1) is 7.11 Å². The fourth-order valence-corrected chi connectivity index (χ4v) is 2.41. The molecule has 0 aliphatic heterocycles. The number of hydrogen-bond donors (Lipinski definition) is 2. The van der Waals surface area contributed by atoms with Crippen molar-refractivity contribution in [3.63, 3.8) is 0 Å². The van der Waals surface area contributed by atoms with Crippen LogP contribution in [0.4, 0.5) is 0 Å². The van der Waals surface area contributed by atoms with Gasteiger partial charge in [0.15, 0.2) is 0 Å². The first kappa shape index (κ1) is 20.7. The lowest BCUT2D eigenvalue weighted by molar-refractivity contribution is -0.306. The number of aliphatic carboxylic acids is 1. The summed E-state index contributed by atoms with van der Waals surface area (Å²) in [7, 11) is 1.54. The molecule has 0 bridgehead atoms. The molecular weight excluding hydrogens is 360 g/mol. The first-order valence-electron chi connectivity index (χ1n) is 8.62. The van der Waals surface area contributed by atoms with Crippen LogP contribution in [0.5, 0.6) is 5.75 Å². The maximum Gasteiger partial charge on any atom is 0.268 e. The smallest absolute Gasteiger partial charge is 0.268 e. The van der Waals surface area contributed by atoms with Gasteiger partial charge in [0.2, 0.25) is 0 Å². The quantitative estimate of drug-likeness (QED) is 0.666. The number of rotatable bonds is 8. The zero-order chi connectivity index (χ0) is 20.5. The van der Waals surface area contributed by atoms with Gasteiger partial charge >= 0.3 is 0 Å². The summed E-state index contributed by atoms with van der Waals surface area (Å²) in [6, 6.07) is 14.7. The number of hydrogen-bond acceptors (Lipinski definition) is 5. The molecule has 0 unspecified atom stereocenters. The summed E-state index contributed by atoms with van der Waals surface area (Å²) in [6.45, 7) is 1.54. The Morgan fingerprint density at radius 1 is 1.07 bits per heavy atom. The Hall–Kier alpha value is -3.61. The van der Waals surface area contributed by atoms with Crippen LogP contribution in [-0.2, 0) is 9.59 Å². The Morgan fingerprint density at radius 2 is 1.71 bits per heavy atom. The van der Waals surface area contributed by atoms with Crippen LogP contribution in [0.2, 0.25) is 0 Å². The Morgan fingerprint density at radius 3 is 2.29 bits per heavy atom. The number of carboxylic acid groups (broad SMARTS) is 1. The average Bonchev–Trinajstić information content (AvgIpc) is 2.67. The number of carbonyl (C=O) groups is 3. The van der Waals surface area contributed by atoms with Gasteiger partial charge < -0.3 is 25.3 Å². The maximum atomic E-state index is 12.6. The Balaban J connectivity index is 2.25. The minimum absolute atomic E-state index is 0.00998. The summed E-state index contributed by atoms with van der Waals surface area (Å²) < 4.78 is 5.10. The molecule has 7 heteroatoms. The van der Waals surface area contributed by atoms with Gasteiger partial charge in [-0.05, 0) is 42.8 Å². The molecule has 2 N–H and O–H groups in total. The summed E-state index contributed by atoms with van der Waals surface area (Å²) in [6.07, 6.45) is 1.16. The molecule has 0 aromatic heterocycles. The van der Waals surface area contributed by atoms with E-state index in [2.05, 4.69) is 10.6 Å². The molecule has 0 spiro atoms. The fourth-order valence-electron chi connectivity index (χ4n) is 2.41. The van der Waals surface area contributed by atoms with Gasteiger partial charge in [0, 0.05) is 24.0 Å². The molecule has 0 radical (unpaired) electrons. The predicted octanol–water partition coefficient (Wildman–Crippen LogP) is 1.11. The largest absolute Gasteiger partial charge is 0.550 e. The molecule has 7 nitrogen and oxygen atoms in total. The van der Waals surface area contributed by atoms with Crippen molar-refractivity contribution in [3.05, 3.63) is 71.4 Å². The van der Waals surface area contributed by atoms with Gasteiger partial charge in [-0.2, -0.15) is 0 Å². The lowest BCUT2D eigenvalue weighted by atomic mass is 10.1. The molecule has 146 valence electrons. The zero-order valence-electron chi connectivity index (χ0n) is 15.6. The maximum absolute atomic E-state index is 12.6. The second-order valence-corrected chi connectivity index (χ2v) is 6.10. The number of carbonyl (C=O) groups excluding carboxylic acids is 3. The summed E-state index contributed by atoms with van der Waals surface area (Å²) in [5.41, 5.74) is 1.04. The van der Waals surface area contributed by atoms with Crippen molar-refractivity contribution >= 4 is 23.9 Å². The third kappa shape index (κ3) is 6.28. The highest BCUT2D eigenvalue weighted by molar-refractivity contribution is 6.05. The first-order chi connectivity index (χ1) is 13.4. The van der Waals surface area contributed by atoms with Crippen LogP contribution in [0.1, 0.15) is 29.3 Å². The van der Waals surface area contributed by atoms with Crippen LogP contribution in [0.15, 0.2) is 60.3 Å². The van der Waals surface area contributed by atoms with E-state index in [0.717, 1.165) is 0 Å². The number of benzene rings is 2. The minimum Gasteiger partial charge on any atom is -0.550 e. The highest BCUT2D eigenvalue weighted by Gasteiger charge is 2.16. The monoisotopic (exact) mass is 381 g/mol. The van der Waals surface area contributed by atoms with Crippen molar-refractivity contribution in [3.8, 4) is 5.75 Å². The van der Waals surface area contributed by atoms with E-state index in [-0.39, 0.29) is 12.1 Å². The van der Waals surface area contributed by atoms with Gasteiger partial charge in [-0.15, -0.1) is 0 Å². The highest BCUT2D eigenvalue weighted by Crippen LogP contribution is 2.14. The summed E-state index contributed by atoms with van der Waals surface area (Å²) in [5, 5.41) is 15.8. The molecule has 2 aromatic rings. The van der Waals surface area contributed by atoms with E-state index < -0.39 is 23.8 Å². The van der Waals surface area contributed by atoms with E-state index in [1.165, 1.54) is 13.0 Å². The third-order valence-corrected chi connectivity index (χ3v) is 3.81. The standard InChI is InChI=1S/C21H22N2O5/c1-14(12-19(24)25)22-21(27)18(13-15-8-10-17(28-2)11-9-15)23-20(26)16-6-4-3-5-7-16/h3-11,13-14H,12H2,1-2H3,(H,22,27)(H,23,26)(H,24,25)/p-1/b18-13-/t14-/m0/s1. The van der Waals surface area contributed by atoms with Crippen molar-refractivity contribution in [2.75, 3.05) is 7.11 Å². The molecule has 2 aromatic carbocycles. The fraction of sp³-hybridized carbons (Fsp3) is 0.190. The van der Waals surface area contributed by atoms with Crippen LogP contribution in [0, 0.1) is 0 Å². The molecule has 1 atom stereocenters. The molecule has 28 heavy (non-hydrogen) atoms. The Kier molecular flexibility index (Phi) is 7.33. The molecular formula is C21H21N2O5-. The van der Waals surface area contributed by atoms with Crippen LogP contribution in [0.3, 0.4) is 0 Å². The van der Waals surface area contributed by atoms with Crippen LogP contribution >= 0.6 is 0 Å². The molecule has 0 aliphatic carbocycles.